The Morgan fingerprint density at radius 2 is 1.69 bits per heavy atom. The highest BCUT2D eigenvalue weighted by atomic mass is 16.4. The number of likely N-dealkylation sites (tertiary alicyclic amines) is 1. The fourth-order valence-corrected chi connectivity index (χ4v) is 13.9. The Balaban J connectivity index is 1.12. The number of fused-ring (bicyclic) bond motifs is 7. The van der Waals surface area contributed by atoms with Gasteiger partial charge in [-0.1, -0.05) is 65.0 Å². The van der Waals surface area contributed by atoms with Crippen molar-refractivity contribution >= 4 is 23.5 Å². The second-order valence-electron chi connectivity index (χ2n) is 19.0. The van der Waals surface area contributed by atoms with Crippen LogP contribution in [0.25, 0.3) is 5.57 Å². The van der Waals surface area contributed by atoms with E-state index in [9.17, 15) is 19.5 Å². The zero-order valence-electron chi connectivity index (χ0n) is 32.2. The van der Waals surface area contributed by atoms with Gasteiger partial charge in [0.15, 0.2) is 0 Å². The topological polar surface area (TPSA) is 98.7 Å². The first kappa shape index (κ1) is 36.3. The number of rotatable bonds is 8. The molecule has 7 rings (SSSR count). The number of amides is 3. The Bertz CT molecular complexity index is 1610. The van der Waals surface area contributed by atoms with Crippen LogP contribution in [-0.2, 0) is 4.79 Å². The number of allylic oxidation sites excluding steroid dienone is 3. The lowest BCUT2D eigenvalue weighted by Crippen LogP contribution is -2.68. The lowest BCUT2D eigenvalue weighted by Gasteiger charge is -2.72. The van der Waals surface area contributed by atoms with E-state index in [4.69, 9.17) is 0 Å². The zero-order chi connectivity index (χ0) is 36.6. The van der Waals surface area contributed by atoms with Gasteiger partial charge in [0, 0.05) is 31.6 Å². The maximum atomic E-state index is 13.6. The predicted octanol–water partition coefficient (Wildman–Crippen LogP) is 9.10. The molecule has 3 N–H and O–H groups in total. The van der Waals surface area contributed by atoms with Crippen LogP contribution in [0.3, 0.4) is 0 Å². The number of aromatic carboxylic acids is 1. The molecule has 0 spiro atoms. The molecule has 1 aromatic rings. The van der Waals surface area contributed by atoms with Crippen molar-refractivity contribution in [3.05, 3.63) is 53.6 Å². The van der Waals surface area contributed by atoms with Gasteiger partial charge in [0.25, 0.3) is 0 Å². The van der Waals surface area contributed by atoms with Gasteiger partial charge in [-0.15, -0.1) is 0 Å². The monoisotopic (exact) mass is 697 g/mol. The molecule has 0 aromatic heterocycles. The lowest BCUT2D eigenvalue weighted by molar-refractivity contribution is -0.218. The average molecular weight is 698 g/mol. The Morgan fingerprint density at radius 3 is 2.35 bits per heavy atom. The van der Waals surface area contributed by atoms with Crippen LogP contribution in [0.5, 0.6) is 0 Å². The van der Waals surface area contributed by atoms with Crippen LogP contribution in [0.2, 0.25) is 0 Å². The van der Waals surface area contributed by atoms with Gasteiger partial charge in [0.1, 0.15) is 0 Å². The molecule has 6 aliphatic rings. The molecular formula is C44H63N3O4. The second kappa shape index (κ2) is 12.8. The number of hydrogen-bond acceptors (Lipinski definition) is 3. The van der Waals surface area contributed by atoms with Crippen molar-refractivity contribution < 1.29 is 19.5 Å². The third-order valence-electron chi connectivity index (χ3n) is 16.5. The fraction of sp³-hybridized carbons (Fsp3) is 0.705. The molecular weight excluding hydrogens is 635 g/mol. The maximum Gasteiger partial charge on any atom is 0.335 e. The molecule has 5 fully saturated rings. The Morgan fingerprint density at radius 1 is 0.941 bits per heavy atom. The number of carboxylic acids is 1. The second-order valence-corrected chi connectivity index (χ2v) is 19.0. The average Bonchev–Trinajstić information content (AvgIpc) is 3.66. The van der Waals surface area contributed by atoms with E-state index in [-0.39, 0.29) is 39.1 Å². The first-order valence-electron chi connectivity index (χ1n) is 20.1. The van der Waals surface area contributed by atoms with E-state index in [0.29, 0.717) is 48.1 Å². The van der Waals surface area contributed by atoms with E-state index in [0.717, 1.165) is 63.6 Å². The van der Waals surface area contributed by atoms with Gasteiger partial charge in [-0.25, -0.2) is 9.59 Å². The number of carboxylic acid groups (broad SMARTS) is 1. The van der Waals surface area contributed by atoms with E-state index in [2.05, 4.69) is 64.8 Å². The molecule has 1 aromatic carbocycles. The molecule has 1 aliphatic heterocycles. The highest BCUT2D eigenvalue weighted by Gasteiger charge is 2.70. The van der Waals surface area contributed by atoms with Gasteiger partial charge in [-0.2, -0.15) is 0 Å². The summed E-state index contributed by atoms with van der Waals surface area (Å²) in [6, 6.07) is 7.49. The van der Waals surface area contributed by atoms with Crippen molar-refractivity contribution in [3.63, 3.8) is 0 Å². The van der Waals surface area contributed by atoms with E-state index in [1.165, 1.54) is 36.8 Å². The number of urea groups is 1. The fourth-order valence-electron chi connectivity index (χ4n) is 13.9. The number of benzene rings is 1. The Labute approximate surface area is 306 Å². The molecule has 0 unspecified atom stereocenters. The summed E-state index contributed by atoms with van der Waals surface area (Å²) in [4.78, 5) is 39.1. The van der Waals surface area contributed by atoms with Crippen molar-refractivity contribution in [2.75, 3.05) is 19.6 Å². The predicted molar refractivity (Wildman–Crippen MR) is 203 cm³/mol. The summed E-state index contributed by atoms with van der Waals surface area (Å²) >= 11 is 0. The van der Waals surface area contributed by atoms with Crippen molar-refractivity contribution in [2.24, 2.45) is 51.2 Å². The number of carbonyl (C=O) groups excluding carboxylic acids is 2. The summed E-state index contributed by atoms with van der Waals surface area (Å²) in [6.45, 7) is 21.7. The Kier molecular flexibility index (Phi) is 9.10. The molecule has 278 valence electrons. The standard InChI is InChI=1S/C44H63N3O4/c1-28(2)31-17-22-44(46-39(51)45-25-9-27-47-26-8-10-36(47)48)24-23-42(6)33(37(31)44)15-16-35-41(5)20-18-32(29-11-13-30(14-12-29)38(49)50)40(3,4)34(41)19-21-43(35,42)7/h11-14,18,31,33-35,37H,1,8-10,15-17,19-27H2,2-7H3,(H,49,50)(H2,45,46,51)/t31-,33+,34-,35+,37+,41-,42+,43+,44-/m0/s1. The van der Waals surface area contributed by atoms with Crippen LogP contribution in [-0.4, -0.2) is 53.1 Å². The van der Waals surface area contributed by atoms with Crippen LogP contribution in [0.1, 0.15) is 135 Å². The van der Waals surface area contributed by atoms with E-state index in [1.807, 2.05) is 17.0 Å². The molecule has 0 bridgehead atoms. The number of carbonyl (C=O) groups is 3. The molecule has 4 saturated carbocycles. The molecule has 5 aliphatic carbocycles. The summed E-state index contributed by atoms with van der Waals surface area (Å²) in [6.07, 6.45) is 15.1. The molecule has 1 saturated heterocycles. The number of nitrogens with zero attached hydrogens (tertiary/aromatic N) is 1. The minimum Gasteiger partial charge on any atom is -0.478 e. The van der Waals surface area contributed by atoms with Gasteiger partial charge in [0.05, 0.1) is 5.56 Å². The maximum absolute atomic E-state index is 13.6. The lowest BCUT2D eigenvalue weighted by atomic mass is 9.33. The van der Waals surface area contributed by atoms with Gasteiger partial charge in [-0.3, -0.25) is 4.79 Å². The van der Waals surface area contributed by atoms with Crippen molar-refractivity contribution in [3.8, 4) is 0 Å². The van der Waals surface area contributed by atoms with Crippen LogP contribution in [0.15, 0.2) is 42.5 Å². The van der Waals surface area contributed by atoms with Crippen LogP contribution < -0.4 is 10.6 Å². The Hall–Kier alpha value is -3.09. The SMILES string of the molecule is C=C(C)[C@@H]1CC[C@]2(NC(=O)NCCCN3CCCC3=O)CC[C@]3(C)[C@H](CC[C@@H]4[C@@]5(C)CC=C(c6ccc(C(=O)O)cc6)C(C)(C)[C@@H]5CC[C@]43C)[C@@H]12. The first-order valence-corrected chi connectivity index (χ1v) is 20.1. The van der Waals surface area contributed by atoms with E-state index in [1.54, 1.807) is 12.1 Å². The minimum absolute atomic E-state index is 0.0175. The van der Waals surface area contributed by atoms with E-state index >= 15 is 0 Å². The van der Waals surface area contributed by atoms with Gasteiger partial charge < -0.3 is 20.6 Å². The van der Waals surface area contributed by atoms with Crippen LogP contribution >= 0.6 is 0 Å². The van der Waals surface area contributed by atoms with Gasteiger partial charge in [-0.05, 0) is 152 Å². The number of nitrogens with one attached hydrogen (secondary N) is 2. The van der Waals surface area contributed by atoms with Crippen molar-refractivity contribution in [1.82, 2.24) is 15.5 Å². The van der Waals surface area contributed by atoms with E-state index < -0.39 is 5.97 Å². The summed E-state index contributed by atoms with van der Waals surface area (Å²) in [5, 5.41) is 16.3. The number of hydrogen-bond donors (Lipinski definition) is 3. The highest BCUT2D eigenvalue weighted by Crippen LogP contribution is 2.76. The molecule has 7 heteroatoms. The van der Waals surface area contributed by atoms with Crippen LogP contribution in [0, 0.1) is 51.2 Å². The smallest absolute Gasteiger partial charge is 0.335 e. The normalized spacial score (nSPS) is 39.6. The van der Waals surface area contributed by atoms with Crippen LogP contribution in [0.4, 0.5) is 4.79 Å². The molecule has 9 atom stereocenters. The quantitative estimate of drug-likeness (QED) is 0.186. The summed E-state index contributed by atoms with van der Waals surface area (Å²) < 4.78 is 0. The zero-order valence-corrected chi connectivity index (χ0v) is 32.2. The minimum atomic E-state index is -0.879. The summed E-state index contributed by atoms with van der Waals surface area (Å²) in [7, 11) is 0. The largest absolute Gasteiger partial charge is 0.478 e. The third-order valence-corrected chi connectivity index (χ3v) is 16.5. The molecule has 0 radical (unpaired) electrons. The molecule has 1 heterocycles. The summed E-state index contributed by atoms with van der Waals surface area (Å²) in [5.74, 6) is 1.89. The highest BCUT2D eigenvalue weighted by molar-refractivity contribution is 5.88. The van der Waals surface area contributed by atoms with Gasteiger partial charge in [0.2, 0.25) is 5.91 Å². The molecule has 51 heavy (non-hydrogen) atoms. The van der Waals surface area contributed by atoms with Crippen molar-refractivity contribution in [2.45, 2.75) is 124 Å². The molecule has 7 nitrogen and oxygen atoms in total. The van der Waals surface area contributed by atoms with Crippen molar-refractivity contribution in [1.29, 1.82) is 0 Å². The summed E-state index contributed by atoms with van der Waals surface area (Å²) in [5.41, 5.74) is 4.49. The molecule has 3 amide bonds. The first-order chi connectivity index (χ1) is 24.1. The van der Waals surface area contributed by atoms with Gasteiger partial charge >= 0.3 is 12.0 Å². The third kappa shape index (κ3) is 5.61.